The molecule has 12 rings (SSSR count). The molecule has 12 aromatic rings. The minimum absolute atomic E-state index is 0.593. The number of benzene rings is 8. The molecule has 8 aromatic carbocycles. The van der Waals surface area contributed by atoms with E-state index in [0.717, 1.165) is 61.3 Å². The summed E-state index contributed by atoms with van der Waals surface area (Å²) in [4.78, 5) is 17.1. The highest BCUT2D eigenvalue weighted by Gasteiger charge is 2.28. The van der Waals surface area contributed by atoms with Gasteiger partial charge in [0.05, 0.1) is 33.4 Å². The van der Waals surface area contributed by atoms with Crippen molar-refractivity contribution in [3.8, 4) is 56.7 Å². The first-order valence-corrected chi connectivity index (χ1v) is 22.3. The minimum atomic E-state index is 0.593. The number of aromatic nitrogens is 5. The fraction of sp³-hybridized carbons (Fsp3) is 0.0172. The van der Waals surface area contributed by atoms with Gasteiger partial charge in [-0.2, -0.15) is 0 Å². The van der Waals surface area contributed by atoms with Crippen LogP contribution in [0.4, 0.5) is 0 Å². The van der Waals surface area contributed by atoms with E-state index in [2.05, 4.69) is 180 Å². The van der Waals surface area contributed by atoms with Gasteiger partial charge in [-0.15, -0.1) is 11.3 Å². The predicted molar refractivity (Wildman–Crippen MR) is 270 cm³/mol. The van der Waals surface area contributed by atoms with Crippen LogP contribution < -0.4 is 0 Å². The summed E-state index contributed by atoms with van der Waals surface area (Å²) in [7, 11) is 0. The van der Waals surface area contributed by atoms with Crippen LogP contribution in [0.3, 0.4) is 0 Å². The Morgan fingerprint density at radius 2 is 0.922 bits per heavy atom. The first-order chi connectivity index (χ1) is 31.7. The quantitative estimate of drug-likeness (QED) is 0.143. The Hall–Kier alpha value is -8.19. The zero-order valence-electron chi connectivity index (χ0n) is 35.0. The number of fused-ring (bicyclic) bond motifs is 7. The van der Waals surface area contributed by atoms with Crippen molar-refractivity contribution < 1.29 is 0 Å². The molecule has 302 valence electrons. The molecule has 0 N–H and O–H groups in total. The van der Waals surface area contributed by atoms with Crippen molar-refractivity contribution in [2.75, 3.05) is 0 Å². The first-order valence-electron chi connectivity index (χ1n) is 21.5. The molecule has 0 aliphatic heterocycles. The Labute approximate surface area is 374 Å². The number of aryl methyl sites for hydroxylation is 1. The molecule has 0 aliphatic carbocycles. The molecule has 0 unspecified atom stereocenters. The van der Waals surface area contributed by atoms with Crippen LogP contribution in [-0.4, -0.2) is 24.1 Å². The molecule has 0 saturated carbocycles. The van der Waals surface area contributed by atoms with Gasteiger partial charge in [0.25, 0.3) is 0 Å². The lowest BCUT2D eigenvalue weighted by Crippen LogP contribution is -2.08. The standard InChI is InChI=1S/C58H39N5S/c1-3-4-34-52-37(2)40-28-19-29-45(55(40)64-52)53-46(58-60-56(38-20-7-5-8-21-38)59-57(61-58)39-22-9-6-10-23-39)35-36-51(62-47-30-15-11-24-41(47)42-25-12-16-31-48(42)62)54(53)63-49-32-17-13-26-43(49)44-27-14-18-33-50(44)63/h3-36H,1H2,2H3/b34-4-. The summed E-state index contributed by atoms with van der Waals surface area (Å²) in [6, 6.07) is 66.7. The lowest BCUT2D eigenvalue weighted by molar-refractivity contribution is 1.07. The smallest absolute Gasteiger partial charge is 0.164 e. The van der Waals surface area contributed by atoms with Crippen LogP contribution in [0.2, 0.25) is 0 Å². The summed E-state index contributed by atoms with van der Waals surface area (Å²) < 4.78 is 6.12. The summed E-state index contributed by atoms with van der Waals surface area (Å²) >= 11 is 1.81. The number of rotatable bonds is 8. The number of allylic oxidation sites excluding steroid dienone is 2. The Kier molecular flexibility index (Phi) is 8.99. The molecule has 0 amide bonds. The summed E-state index contributed by atoms with van der Waals surface area (Å²) in [5.41, 5.74) is 12.7. The van der Waals surface area contributed by atoms with Crippen molar-refractivity contribution in [3.63, 3.8) is 0 Å². The molecular weight excluding hydrogens is 799 g/mol. The van der Waals surface area contributed by atoms with Crippen molar-refractivity contribution in [3.05, 3.63) is 217 Å². The van der Waals surface area contributed by atoms with Crippen LogP contribution in [0.25, 0.3) is 116 Å². The second kappa shape index (κ2) is 15.3. The van der Waals surface area contributed by atoms with Gasteiger partial charge >= 0.3 is 0 Å². The van der Waals surface area contributed by atoms with Crippen molar-refractivity contribution >= 4 is 71.1 Å². The third kappa shape index (κ3) is 5.95. The fourth-order valence-corrected chi connectivity index (χ4v) is 10.7. The van der Waals surface area contributed by atoms with Crippen molar-refractivity contribution in [2.24, 2.45) is 0 Å². The SMILES string of the molecule is C=C/C=C\c1sc2c(-c3c(-c4nc(-c5ccccc5)nc(-c5ccccc5)n4)ccc(-n4c5ccccc5c5ccccc54)c3-n3c4ccccc4c4ccccc43)cccc2c1C. The first kappa shape index (κ1) is 37.6. The van der Waals surface area contributed by atoms with E-state index in [0.29, 0.717) is 17.5 Å². The molecule has 0 spiro atoms. The molecule has 0 fully saturated rings. The van der Waals surface area contributed by atoms with E-state index in [-0.39, 0.29) is 0 Å². The van der Waals surface area contributed by atoms with E-state index in [4.69, 9.17) is 15.0 Å². The Morgan fingerprint density at radius 3 is 1.45 bits per heavy atom. The van der Waals surface area contributed by atoms with Crippen molar-refractivity contribution in [1.29, 1.82) is 0 Å². The minimum Gasteiger partial charge on any atom is -0.307 e. The van der Waals surface area contributed by atoms with Crippen LogP contribution in [0.5, 0.6) is 0 Å². The highest BCUT2D eigenvalue weighted by Crippen LogP contribution is 2.49. The van der Waals surface area contributed by atoms with E-state index < -0.39 is 0 Å². The molecule has 0 aliphatic rings. The maximum absolute atomic E-state index is 5.41. The molecule has 5 nitrogen and oxygen atoms in total. The van der Waals surface area contributed by atoms with Gasteiger partial charge in [0.2, 0.25) is 0 Å². The molecule has 0 bridgehead atoms. The monoisotopic (exact) mass is 837 g/mol. The Morgan fingerprint density at radius 1 is 0.453 bits per heavy atom. The number of thiophene rings is 1. The van der Waals surface area contributed by atoms with Gasteiger partial charge in [-0.3, -0.25) is 0 Å². The van der Waals surface area contributed by atoms with Gasteiger partial charge in [0, 0.05) is 58.9 Å². The molecule has 6 heteroatoms. The van der Waals surface area contributed by atoms with Crippen LogP contribution in [0, 0.1) is 6.92 Å². The van der Waals surface area contributed by atoms with Crippen LogP contribution in [0.1, 0.15) is 10.4 Å². The Balaban J connectivity index is 1.31. The lowest BCUT2D eigenvalue weighted by atomic mass is 9.93. The van der Waals surface area contributed by atoms with Crippen molar-refractivity contribution in [1.82, 2.24) is 24.1 Å². The summed E-state index contributed by atoms with van der Waals surface area (Å²) in [6.07, 6.45) is 6.04. The fourth-order valence-electron chi connectivity index (χ4n) is 9.49. The van der Waals surface area contributed by atoms with E-state index in [9.17, 15) is 0 Å². The predicted octanol–water partition coefficient (Wildman–Crippen LogP) is 15.5. The van der Waals surface area contributed by atoms with Crippen molar-refractivity contribution in [2.45, 2.75) is 6.92 Å². The van der Waals surface area contributed by atoms with E-state index in [1.165, 1.54) is 42.1 Å². The normalized spacial score (nSPS) is 11.8. The molecule has 0 atom stereocenters. The lowest BCUT2D eigenvalue weighted by Gasteiger charge is -2.23. The van der Waals surface area contributed by atoms with Gasteiger partial charge < -0.3 is 9.13 Å². The highest BCUT2D eigenvalue weighted by atomic mass is 32.1. The largest absolute Gasteiger partial charge is 0.307 e. The third-order valence-corrected chi connectivity index (χ3v) is 13.7. The van der Waals surface area contributed by atoms with E-state index >= 15 is 0 Å². The van der Waals surface area contributed by atoms with Gasteiger partial charge in [0.1, 0.15) is 0 Å². The molecule has 4 aromatic heterocycles. The van der Waals surface area contributed by atoms with Crippen LogP contribution >= 0.6 is 11.3 Å². The zero-order chi connectivity index (χ0) is 42.7. The number of hydrogen-bond donors (Lipinski definition) is 0. The molecule has 4 heterocycles. The molecule has 64 heavy (non-hydrogen) atoms. The zero-order valence-corrected chi connectivity index (χ0v) is 35.8. The van der Waals surface area contributed by atoms with E-state index in [1.807, 2.05) is 59.9 Å². The molecule has 0 saturated heterocycles. The maximum atomic E-state index is 5.41. The highest BCUT2D eigenvalue weighted by molar-refractivity contribution is 7.20. The number of para-hydroxylation sites is 4. The van der Waals surface area contributed by atoms with E-state index in [1.54, 1.807) is 0 Å². The average Bonchev–Trinajstić information content (AvgIpc) is 4.00. The topological polar surface area (TPSA) is 48.5 Å². The third-order valence-electron chi connectivity index (χ3n) is 12.4. The van der Waals surface area contributed by atoms with Gasteiger partial charge in [-0.1, -0.05) is 170 Å². The van der Waals surface area contributed by atoms with Gasteiger partial charge in [0.15, 0.2) is 17.5 Å². The summed E-state index contributed by atoms with van der Waals surface area (Å²) in [6.45, 7) is 6.21. The van der Waals surface area contributed by atoms with Gasteiger partial charge in [-0.05, 0) is 60.3 Å². The summed E-state index contributed by atoms with van der Waals surface area (Å²) in [5, 5.41) is 5.97. The average molecular weight is 838 g/mol. The second-order valence-corrected chi connectivity index (χ2v) is 17.1. The van der Waals surface area contributed by atoms with Crippen LogP contribution in [0.15, 0.2) is 207 Å². The summed E-state index contributed by atoms with van der Waals surface area (Å²) in [5.74, 6) is 1.82. The second-order valence-electron chi connectivity index (χ2n) is 16.0. The van der Waals surface area contributed by atoms with Crippen LogP contribution in [-0.2, 0) is 0 Å². The molecular formula is C58H39N5S. The Bertz CT molecular complexity index is 3650. The van der Waals surface area contributed by atoms with Gasteiger partial charge in [-0.25, -0.2) is 15.0 Å². The number of nitrogens with zero attached hydrogens (tertiary/aromatic N) is 5. The molecule has 0 radical (unpaired) electrons. The number of hydrogen-bond acceptors (Lipinski definition) is 4. The maximum Gasteiger partial charge on any atom is 0.164 e.